The molecule has 0 heterocycles. The van der Waals surface area contributed by atoms with Crippen molar-refractivity contribution in [1.82, 2.24) is 4.90 Å². The molecule has 3 unspecified atom stereocenters. The van der Waals surface area contributed by atoms with Gasteiger partial charge in [0, 0.05) is 6.54 Å². The summed E-state index contributed by atoms with van der Waals surface area (Å²) in [6.45, 7) is 2.63. The van der Waals surface area contributed by atoms with Crippen LogP contribution in [0.3, 0.4) is 0 Å². The van der Waals surface area contributed by atoms with Gasteiger partial charge in [-0.2, -0.15) is 0 Å². The maximum Gasteiger partial charge on any atom is 0.106 e. The molecule has 0 aliphatic heterocycles. The van der Waals surface area contributed by atoms with Crippen LogP contribution in [0.5, 0.6) is 0 Å². The van der Waals surface area contributed by atoms with Crippen LogP contribution in [0, 0.1) is 0 Å². The van der Waals surface area contributed by atoms with Crippen molar-refractivity contribution in [2.45, 2.75) is 32.4 Å². The van der Waals surface area contributed by atoms with E-state index >= 15 is 0 Å². The third kappa shape index (κ3) is 3.99. The normalized spacial score (nSPS) is 19.2. The smallest absolute Gasteiger partial charge is 0.106 e. The van der Waals surface area contributed by atoms with E-state index in [1.54, 1.807) is 0 Å². The number of hydrogen-bond acceptors (Lipinski definition) is 5. The summed E-state index contributed by atoms with van der Waals surface area (Å²) in [4.78, 5) is 1.26. The lowest BCUT2D eigenvalue weighted by molar-refractivity contribution is -0.105. The molecule has 0 rings (SSSR count). The van der Waals surface area contributed by atoms with E-state index in [0.717, 1.165) is 0 Å². The van der Waals surface area contributed by atoms with E-state index < -0.39 is 18.6 Å². The molecule has 0 amide bonds. The minimum Gasteiger partial charge on any atom is -0.394 e. The van der Waals surface area contributed by atoms with E-state index in [1.807, 2.05) is 0 Å². The fourth-order valence-corrected chi connectivity index (χ4v) is 0.918. The number of aliphatic hydroxyl groups is 4. The van der Waals surface area contributed by atoms with Gasteiger partial charge in [0.25, 0.3) is 0 Å². The van der Waals surface area contributed by atoms with Crippen molar-refractivity contribution < 1.29 is 20.4 Å². The monoisotopic (exact) mass is 179 g/mol. The van der Waals surface area contributed by atoms with Crippen molar-refractivity contribution in [3.05, 3.63) is 0 Å². The molecule has 5 nitrogen and oxygen atoms in total. The maximum atomic E-state index is 9.10. The Labute approximate surface area is 71.9 Å². The van der Waals surface area contributed by atoms with E-state index in [9.17, 15) is 0 Å². The SMILES string of the molecule is CC(O)N(CC(O)CO)C(C)O. The second kappa shape index (κ2) is 5.45. The predicted molar refractivity (Wildman–Crippen MR) is 43.2 cm³/mol. The Morgan fingerprint density at radius 1 is 1.08 bits per heavy atom. The molecule has 4 N–H and O–H groups in total. The first-order chi connectivity index (χ1) is 5.49. The summed E-state index contributed by atoms with van der Waals surface area (Å²) < 4.78 is 0. The van der Waals surface area contributed by atoms with Gasteiger partial charge in [0.1, 0.15) is 12.5 Å². The Kier molecular flexibility index (Phi) is 5.36. The van der Waals surface area contributed by atoms with Crippen LogP contribution < -0.4 is 0 Å². The molecule has 74 valence electrons. The fourth-order valence-electron chi connectivity index (χ4n) is 0.918. The molecular weight excluding hydrogens is 162 g/mol. The van der Waals surface area contributed by atoms with E-state index in [-0.39, 0.29) is 13.2 Å². The van der Waals surface area contributed by atoms with Gasteiger partial charge >= 0.3 is 0 Å². The first-order valence-electron chi connectivity index (χ1n) is 3.89. The molecule has 0 aromatic rings. The van der Waals surface area contributed by atoms with Gasteiger partial charge in [-0.15, -0.1) is 0 Å². The summed E-state index contributed by atoms with van der Waals surface area (Å²) in [7, 11) is 0. The molecule has 0 radical (unpaired) electrons. The van der Waals surface area contributed by atoms with Gasteiger partial charge < -0.3 is 20.4 Å². The summed E-state index contributed by atoms with van der Waals surface area (Å²) in [6, 6.07) is 0. The molecule has 0 aliphatic rings. The highest BCUT2D eigenvalue weighted by molar-refractivity contribution is 4.64. The minimum atomic E-state index is -0.936. The average Bonchev–Trinajstić information content (AvgIpc) is 1.98. The van der Waals surface area contributed by atoms with Gasteiger partial charge in [-0.25, -0.2) is 0 Å². The van der Waals surface area contributed by atoms with Crippen LogP contribution in [0.15, 0.2) is 0 Å². The summed E-state index contributed by atoms with van der Waals surface area (Å²) in [5.41, 5.74) is 0. The van der Waals surface area contributed by atoms with E-state index in [1.165, 1.54) is 18.7 Å². The molecule has 0 saturated carbocycles. The zero-order chi connectivity index (χ0) is 9.72. The van der Waals surface area contributed by atoms with Crippen LogP contribution in [0.25, 0.3) is 0 Å². The highest BCUT2D eigenvalue weighted by Crippen LogP contribution is 2.02. The van der Waals surface area contributed by atoms with Crippen LogP contribution in [0.1, 0.15) is 13.8 Å². The Hall–Kier alpha value is -0.200. The van der Waals surface area contributed by atoms with Gasteiger partial charge in [0.05, 0.1) is 12.7 Å². The van der Waals surface area contributed by atoms with E-state index in [0.29, 0.717) is 0 Å². The van der Waals surface area contributed by atoms with Crippen LogP contribution in [-0.4, -0.2) is 57.0 Å². The van der Waals surface area contributed by atoms with Gasteiger partial charge in [0.15, 0.2) is 0 Å². The van der Waals surface area contributed by atoms with Crippen LogP contribution in [-0.2, 0) is 0 Å². The second-order valence-electron chi connectivity index (χ2n) is 2.80. The standard InChI is InChI=1S/C7H17NO4/c1-5(10)8(6(2)11)3-7(12)4-9/h5-7,9-12H,3-4H2,1-2H3. The molecule has 0 fully saturated rings. The lowest BCUT2D eigenvalue weighted by Gasteiger charge is -2.29. The Balaban J connectivity index is 3.95. The Morgan fingerprint density at radius 3 is 1.75 bits per heavy atom. The van der Waals surface area contributed by atoms with Crippen molar-refractivity contribution in [1.29, 1.82) is 0 Å². The summed E-state index contributed by atoms with van der Waals surface area (Å²) in [6.07, 6.45) is -2.62. The Morgan fingerprint density at radius 2 is 1.50 bits per heavy atom. The molecule has 0 aliphatic carbocycles. The third-order valence-electron chi connectivity index (χ3n) is 1.59. The number of hydrogen-bond donors (Lipinski definition) is 4. The number of nitrogens with zero attached hydrogens (tertiary/aromatic N) is 1. The minimum absolute atomic E-state index is 0.0475. The summed E-state index contributed by atoms with van der Waals surface area (Å²) in [5.74, 6) is 0. The van der Waals surface area contributed by atoms with Gasteiger partial charge in [-0.3, -0.25) is 4.90 Å². The van der Waals surface area contributed by atoms with Crippen molar-refractivity contribution in [3.8, 4) is 0 Å². The Bertz CT molecular complexity index is 110. The first-order valence-corrected chi connectivity index (χ1v) is 3.89. The molecule has 5 heteroatoms. The quantitative estimate of drug-likeness (QED) is 0.379. The van der Waals surface area contributed by atoms with Gasteiger partial charge in [-0.05, 0) is 13.8 Å². The van der Waals surface area contributed by atoms with Crippen molar-refractivity contribution >= 4 is 0 Å². The zero-order valence-corrected chi connectivity index (χ0v) is 7.38. The van der Waals surface area contributed by atoms with Crippen LogP contribution >= 0.6 is 0 Å². The second-order valence-corrected chi connectivity index (χ2v) is 2.80. The molecule has 0 bridgehead atoms. The zero-order valence-electron chi connectivity index (χ0n) is 7.38. The maximum absolute atomic E-state index is 9.10. The molecule has 3 atom stereocenters. The van der Waals surface area contributed by atoms with Gasteiger partial charge in [0.2, 0.25) is 0 Å². The van der Waals surface area contributed by atoms with Crippen LogP contribution in [0.4, 0.5) is 0 Å². The highest BCUT2D eigenvalue weighted by Gasteiger charge is 2.18. The number of aliphatic hydroxyl groups excluding tert-OH is 4. The molecule has 12 heavy (non-hydrogen) atoms. The summed E-state index contributed by atoms with van der Waals surface area (Å²) >= 11 is 0. The molecule has 0 aromatic heterocycles. The third-order valence-corrected chi connectivity index (χ3v) is 1.59. The fraction of sp³-hybridized carbons (Fsp3) is 1.00. The first kappa shape index (κ1) is 11.8. The van der Waals surface area contributed by atoms with Crippen molar-refractivity contribution in [2.75, 3.05) is 13.2 Å². The van der Waals surface area contributed by atoms with Gasteiger partial charge in [-0.1, -0.05) is 0 Å². The highest BCUT2D eigenvalue weighted by atomic mass is 16.3. The lowest BCUT2D eigenvalue weighted by atomic mass is 10.3. The lowest BCUT2D eigenvalue weighted by Crippen LogP contribution is -2.45. The summed E-state index contributed by atoms with van der Waals surface area (Å²) in [5, 5.41) is 35.7. The van der Waals surface area contributed by atoms with Crippen molar-refractivity contribution in [2.24, 2.45) is 0 Å². The molecular formula is C7H17NO4. The predicted octanol–water partition coefficient (Wildman–Crippen LogP) is -1.68. The largest absolute Gasteiger partial charge is 0.394 e. The van der Waals surface area contributed by atoms with Crippen LogP contribution in [0.2, 0.25) is 0 Å². The molecule has 0 saturated heterocycles. The molecule has 0 aromatic carbocycles. The van der Waals surface area contributed by atoms with E-state index in [2.05, 4.69) is 0 Å². The number of rotatable bonds is 5. The van der Waals surface area contributed by atoms with E-state index in [4.69, 9.17) is 20.4 Å². The average molecular weight is 179 g/mol. The topological polar surface area (TPSA) is 84.2 Å². The molecule has 0 spiro atoms. The van der Waals surface area contributed by atoms with Crippen molar-refractivity contribution in [3.63, 3.8) is 0 Å².